The van der Waals surface area contributed by atoms with Crippen molar-refractivity contribution < 1.29 is 13.9 Å². The Balaban J connectivity index is 1.29. The summed E-state index contributed by atoms with van der Waals surface area (Å²) in [6.07, 6.45) is 7.91. The number of benzene rings is 2. The van der Waals surface area contributed by atoms with Gasteiger partial charge in [0.1, 0.15) is 23.9 Å². The van der Waals surface area contributed by atoms with Crippen molar-refractivity contribution >= 4 is 11.5 Å². The fraction of sp³-hybridized carbons (Fsp3) is 0.276. The van der Waals surface area contributed by atoms with Crippen LogP contribution in [0.3, 0.4) is 0 Å². The molecule has 3 aromatic rings. The molecule has 1 aliphatic carbocycles. The van der Waals surface area contributed by atoms with Gasteiger partial charge in [-0.25, -0.2) is 4.98 Å². The zero-order valence-corrected chi connectivity index (χ0v) is 20.7. The second-order valence-corrected chi connectivity index (χ2v) is 9.91. The predicted octanol–water partition coefficient (Wildman–Crippen LogP) is 3.71. The van der Waals surface area contributed by atoms with Crippen LogP contribution >= 0.6 is 0 Å². The molecular formula is C29H28N6O3. The van der Waals surface area contributed by atoms with Gasteiger partial charge < -0.3 is 25.1 Å². The van der Waals surface area contributed by atoms with Crippen LogP contribution in [-0.2, 0) is 0 Å². The van der Waals surface area contributed by atoms with Crippen molar-refractivity contribution in [3.63, 3.8) is 0 Å². The van der Waals surface area contributed by atoms with E-state index in [1.54, 1.807) is 0 Å². The molecule has 1 aromatic heterocycles. The van der Waals surface area contributed by atoms with Crippen molar-refractivity contribution in [3.8, 4) is 17.6 Å². The number of rotatable bonds is 7. The van der Waals surface area contributed by atoms with Crippen molar-refractivity contribution in [1.29, 1.82) is 5.26 Å². The number of para-hydroxylation sites is 1. The summed E-state index contributed by atoms with van der Waals surface area (Å²) in [6, 6.07) is 20.2. The molecule has 1 saturated heterocycles. The summed E-state index contributed by atoms with van der Waals surface area (Å²) in [5, 5.41) is 12.4. The molecule has 2 bridgehead atoms. The number of hydrogen-bond donors (Lipinski definition) is 2. The Labute approximate surface area is 220 Å². The third kappa shape index (κ3) is 4.62. The van der Waals surface area contributed by atoms with Crippen LogP contribution < -0.4 is 15.8 Å². The first-order valence-corrected chi connectivity index (χ1v) is 12.7. The molecule has 2 aromatic carbocycles. The maximum atomic E-state index is 13.1. The minimum atomic E-state index is -0.457. The predicted molar refractivity (Wildman–Crippen MR) is 140 cm³/mol. The van der Waals surface area contributed by atoms with Crippen LogP contribution in [0.2, 0.25) is 0 Å². The van der Waals surface area contributed by atoms with Crippen molar-refractivity contribution in [2.75, 3.05) is 13.1 Å². The molecule has 1 amide bonds. The second-order valence-electron chi connectivity index (χ2n) is 9.91. The number of amides is 1. The van der Waals surface area contributed by atoms with Crippen LogP contribution in [-0.4, -0.2) is 52.0 Å². The Bertz CT molecular complexity index is 1390. The van der Waals surface area contributed by atoms with Gasteiger partial charge in [0.2, 0.25) is 0 Å². The van der Waals surface area contributed by atoms with E-state index in [9.17, 15) is 10.1 Å². The van der Waals surface area contributed by atoms with E-state index in [4.69, 9.17) is 14.9 Å². The minimum Gasteiger partial charge on any atom is -0.457 e. The van der Waals surface area contributed by atoms with Crippen molar-refractivity contribution in [1.82, 2.24) is 20.1 Å². The summed E-state index contributed by atoms with van der Waals surface area (Å²) >= 11 is 0. The molecule has 3 aliphatic rings. The number of aromatic nitrogens is 1. The van der Waals surface area contributed by atoms with Crippen molar-refractivity contribution in [2.45, 2.75) is 31.1 Å². The van der Waals surface area contributed by atoms with E-state index < -0.39 is 6.17 Å². The van der Waals surface area contributed by atoms with Gasteiger partial charge in [-0.3, -0.25) is 9.69 Å². The lowest BCUT2D eigenvalue weighted by Gasteiger charge is -2.44. The fourth-order valence-corrected chi connectivity index (χ4v) is 5.91. The highest BCUT2D eigenvalue weighted by molar-refractivity contribution is 5.93. The van der Waals surface area contributed by atoms with Gasteiger partial charge in [-0.05, 0) is 54.7 Å². The lowest BCUT2D eigenvalue weighted by Crippen LogP contribution is -2.55. The first kappa shape index (κ1) is 23.8. The summed E-state index contributed by atoms with van der Waals surface area (Å²) < 4.78 is 11.0. The van der Waals surface area contributed by atoms with Gasteiger partial charge in [-0.1, -0.05) is 30.3 Å². The molecule has 1 saturated carbocycles. The van der Waals surface area contributed by atoms with E-state index in [1.165, 1.54) is 12.7 Å². The molecule has 9 nitrogen and oxygen atoms in total. The SMILES string of the molecule is N#CCN1CC2CC1CC2N1C=C(N)C=C(c2ccc(Oc3ccccc3)cc2)C1NC(=O)c1cocn1. The monoisotopic (exact) mass is 508 g/mol. The maximum Gasteiger partial charge on any atom is 0.275 e. The zero-order valence-electron chi connectivity index (χ0n) is 20.7. The summed E-state index contributed by atoms with van der Waals surface area (Å²) in [6.45, 7) is 1.31. The molecule has 2 aliphatic heterocycles. The smallest absolute Gasteiger partial charge is 0.275 e. The third-order valence-electron chi connectivity index (χ3n) is 7.59. The first-order chi connectivity index (χ1) is 18.6. The molecule has 0 spiro atoms. The normalized spacial score (nSPS) is 24.4. The Morgan fingerprint density at radius 3 is 2.63 bits per heavy atom. The molecule has 2 fully saturated rings. The van der Waals surface area contributed by atoms with Crippen LogP contribution in [0.5, 0.6) is 11.5 Å². The Kier molecular flexibility index (Phi) is 6.32. The molecule has 38 heavy (non-hydrogen) atoms. The number of allylic oxidation sites excluding steroid dienone is 1. The van der Waals surface area contributed by atoms with Gasteiger partial charge in [0.25, 0.3) is 5.91 Å². The quantitative estimate of drug-likeness (QED) is 0.464. The molecule has 4 atom stereocenters. The molecule has 9 heteroatoms. The molecule has 6 rings (SSSR count). The van der Waals surface area contributed by atoms with E-state index >= 15 is 0 Å². The van der Waals surface area contributed by atoms with Gasteiger partial charge in [0.15, 0.2) is 12.1 Å². The Morgan fingerprint density at radius 2 is 1.95 bits per heavy atom. The lowest BCUT2D eigenvalue weighted by atomic mass is 9.93. The lowest BCUT2D eigenvalue weighted by molar-refractivity contribution is 0.0829. The van der Waals surface area contributed by atoms with Gasteiger partial charge in [0.05, 0.1) is 12.6 Å². The third-order valence-corrected chi connectivity index (χ3v) is 7.59. The van der Waals surface area contributed by atoms with E-state index in [0.29, 0.717) is 30.0 Å². The summed E-state index contributed by atoms with van der Waals surface area (Å²) in [5.41, 5.74) is 9.07. The molecule has 3 heterocycles. The van der Waals surface area contributed by atoms with E-state index in [-0.39, 0.29) is 17.6 Å². The Morgan fingerprint density at radius 1 is 1.16 bits per heavy atom. The van der Waals surface area contributed by atoms with Gasteiger partial charge in [-0.2, -0.15) is 5.26 Å². The number of nitriles is 1. The number of ether oxygens (including phenoxy) is 1. The number of nitrogens with one attached hydrogen (secondary N) is 1. The van der Waals surface area contributed by atoms with Crippen LogP contribution in [0.25, 0.3) is 5.57 Å². The first-order valence-electron chi connectivity index (χ1n) is 12.7. The highest BCUT2D eigenvalue weighted by Gasteiger charge is 2.48. The number of fused-ring (bicyclic) bond motifs is 2. The van der Waals surface area contributed by atoms with Crippen LogP contribution in [0, 0.1) is 17.2 Å². The molecule has 4 unspecified atom stereocenters. The average Bonchev–Trinajstić information content (AvgIpc) is 3.69. The number of likely N-dealkylation sites (tertiary alicyclic amines) is 1. The standard InChI is InChI=1S/C29H28N6O3/c30-10-11-34-15-20-12-22(34)14-27(20)35-16-21(31)13-25(28(35)33-29(36)26-17-37-18-32-26)19-6-8-24(9-7-19)38-23-4-2-1-3-5-23/h1-9,13,16-18,20,22,27-28H,11-12,14-15,31H2,(H,33,36). The van der Waals surface area contributed by atoms with Crippen LogP contribution in [0.1, 0.15) is 28.9 Å². The molecule has 0 radical (unpaired) electrons. The van der Waals surface area contributed by atoms with Crippen molar-refractivity contribution in [2.24, 2.45) is 11.7 Å². The van der Waals surface area contributed by atoms with E-state index in [2.05, 4.69) is 26.2 Å². The highest BCUT2D eigenvalue weighted by Crippen LogP contribution is 2.43. The number of nitrogens with two attached hydrogens (primary N) is 1. The number of nitrogens with zero attached hydrogens (tertiary/aromatic N) is 4. The van der Waals surface area contributed by atoms with Crippen LogP contribution in [0.15, 0.2) is 89.6 Å². The fourth-order valence-electron chi connectivity index (χ4n) is 5.91. The number of piperidine rings is 1. The van der Waals surface area contributed by atoms with E-state index in [1.807, 2.05) is 66.9 Å². The number of carbonyl (C=O) groups is 1. The summed E-state index contributed by atoms with van der Waals surface area (Å²) in [7, 11) is 0. The second kappa shape index (κ2) is 10.1. The minimum absolute atomic E-state index is 0.181. The van der Waals surface area contributed by atoms with E-state index in [0.717, 1.165) is 36.3 Å². The van der Waals surface area contributed by atoms with Gasteiger partial charge in [-0.15, -0.1) is 0 Å². The number of oxazole rings is 1. The number of hydrogen-bond acceptors (Lipinski definition) is 8. The van der Waals surface area contributed by atoms with Crippen LogP contribution in [0.4, 0.5) is 0 Å². The van der Waals surface area contributed by atoms with Gasteiger partial charge in [0, 0.05) is 36.1 Å². The van der Waals surface area contributed by atoms with Gasteiger partial charge >= 0.3 is 0 Å². The van der Waals surface area contributed by atoms with Crippen molar-refractivity contribution in [3.05, 3.63) is 96.5 Å². The summed E-state index contributed by atoms with van der Waals surface area (Å²) in [5.74, 6) is 1.53. The largest absolute Gasteiger partial charge is 0.457 e. The maximum absolute atomic E-state index is 13.1. The molecule has 192 valence electrons. The Hall–Kier alpha value is -4.55. The topological polar surface area (TPSA) is 121 Å². The zero-order chi connectivity index (χ0) is 26.1. The highest BCUT2D eigenvalue weighted by atomic mass is 16.5. The average molecular weight is 509 g/mol. The summed E-state index contributed by atoms with van der Waals surface area (Å²) in [4.78, 5) is 21.6. The molecular weight excluding hydrogens is 480 g/mol. The molecule has 3 N–H and O–H groups in total. The number of carbonyl (C=O) groups excluding carboxylic acids is 1.